The minimum Gasteiger partial charge on any atom is -0.376 e. The zero-order valence-electron chi connectivity index (χ0n) is 11.1. The van der Waals surface area contributed by atoms with Crippen LogP contribution >= 0.6 is 0 Å². The normalized spacial score (nSPS) is 42.4. The first-order valence-corrected chi connectivity index (χ1v) is 6.65. The predicted octanol–water partition coefficient (Wildman–Crippen LogP) is 0.916. The molecule has 0 aromatic rings. The first kappa shape index (κ1) is 12.8. The minimum atomic E-state index is -0.183. The van der Waals surface area contributed by atoms with Crippen molar-refractivity contribution in [1.29, 1.82) is 0 Å². The van der Waals surface area contributed by atoms with Gasteiger partial charge in [0.15, 0.2) is 0 Å². The molecule has 2 fully saturated rings. The van der Waals surface area contributed by atoms with Crippen molar-refractivity contribution in [2.45, 2.75) is 45.3 Å². The Labute approximate surface area is 103 Å². The van der Waals surface area contributed by atoms with Gasteiger partial charge in [-0.2, -0.15) is 0 Å². The summed E-state index contributed by atoms with van der Waals surface area (Å²) in [5, 5.41) is 6.51. The lowest BCUT2D eigenvalue weighted by molar-refractivity contribution is -0.128. The molecule has 2 saturated heterocycles. The van der Waals surface area contributed by atoms with Crippen LogP contribution in [0.2, 0.25) is 0 Å². The quantitative estimate of drug-likeness (QED) is 0.754. The molecule has 0 radical (unpaired) electrons. The second-order valence-corrected chi connectivity index (χ2v) is 5.87. The van der Waals surface area contributed by atoms with E-state index in [4.69, 9.17) is 4.74 Å². The summed E-state index contributed by atoms with van der Waals surface area (Å²) in [6, 6.07) is 0. The van der Waals surface area contributed by atoms with E-state index >= 15 is 0 Å². The standard InChI is InChI=1S/C13H24N2O2/c1-9-6-11(8-14-7-9)12(16)15-13(3)4-5-17-10(13)2/h9-11,14H,4-8H2,1-3H3,(H,15,16). The summed E-state index contributed by atoms with van der Waals surface area (Å²) in [5.74, 6) is 0.886. The monoisotopic (exact) mass is 240 g/mol. The van der Waals surface area contributed by atoms with E-state index in [2.05, 4.69) is 24.5 Å². The van der Waals surface area contributed by atoms with Crippen LogP contribution in [0.5, 0.6) is 0 Å². The van der Waals surface area contributed by atoms with Gasteiger partial charge in [0.25, 0.3) is 0 Å². The molecule has 0 aliphatic carbocycles. The lowest BCUT2D eigenvalue weighted by Gasteiger charge is -2.33. The third-order valence-electron chi connectivity index (χ3n) is 4.24. The van der Waals surface area contributed by atoms with E-state index in [1.54, 1.807) is 0 Å². The van der Waals surface area contributed by atoms with E-state index in [0.717, 1.165) is 32.5 Å². The Morgan fingerprint density at radius 3 is 2.76 bits per heavy atom. The average Bonchev–Trinajstić information content (AvgIpc) is 2.59. The average molecular weight is 240 g/mol. The van der Waals surface area contributed by atoms with E-state index < -0.39 is 0 Å². The fourth-order valence-corrected chi connectivity index (χ4v) is 2.74. The highest BCUT2D eigenvalue weighted by atomic mass is 16.5. The fraction of sp³-hybridized carbons (Fsp3) is 0.923. The summed E-state index contributed by atoms with van der Waals surface area (Å²) in [7, 11) is 0. The van der Waals surface area contributed by atoms with Crippen LogP contribution in [0.25, 0.3) is 0 Å². The topological polar surface area (TPSA) is 50.4 Å². The molecule has 0 spiro atoms. The van der Waals surface area contributed by atoms with Gasteiger partial charge in [0.05, 0.1) is 17.6 Å². The smallest absolute Gasteiger partial charge is 0.224 e. The Bertz CT molecular complexity index is 295. The predicted molar refractivity (Wildman–Crippen MR) is 66.7 cm³/mol. The number of hydrogen-bond acceptors (Lipinski definition) is 3. The van der Waals surface area contributed by atoms with Gasteiger partial charge in [-0.05, 0) is 39.2 Å². The van der Waals surface area contributed by atoms with Gasteiger partial charge < -0.3 is 15.4 Å². The van der Waals surface area contributed by atoms with Gasteiger partial charge in [-0.3, -0.25) is 4.79 Å². The molecular formula is C13H24N2O2. The highest BCUT2D eigenvalue weighted by molar-refractivity contribution is 5.80. The molecular weight excluding hydrogens is 216 g/mol. The van der Waals surface area contributed by atoms with Crippen molar-refractivity contribution in [1.82, 2.24) is 10.6 Å². The Morgan fingerprint density at radius 1 is 1.41 bits per heavy atom. The Balaban J connectivity index is 1.92. The first-order valence-electron chi connectivity index (χ1n) is 6.65. The molecule has 2 aliphatic rings. The van der Waals surface area contributed by atoms with Crippen LogP contribution in [0, 0.1) is 11.8 Å². The van der Waals surface area contributed by atoms with Crippen LogP contribution in [0.1, 0.15) is 33.6 Å². The molecule has 98 valence electrons. The number of hydrogen-bond donors (Lipinski definition) is 2. The van der Waals surface area contributed by atoms with Crippen molar-refractivity contribution in [2.24, 2.45) is 11.8 Å². The molecule has 2 aliphatic heterocycles. The van der Waals surface area contributed by atoms with Crippen LogP contribution < -0.4 is 10.6 Å². The van der Waals surface area contributed by atoms with Crippen LogP contribution in [-0.2, 0) is 9.53 Å². The molecule has 1 amide bonds. The lowest BCUT2D eigenvalue weighted by atomic mass is 9.88. The highest BCUT2D eigenvalue weighted by Crippen LogP contribution is 2.26. The van der Waals surface area contributed by atoms with Gasteiger partial charge >= 0.3 is 0 Å². The number of piperidine rings is 1. The van der Waals surface area contributed by atoms with E-state index in [-0.39, 0.29) is 23.5 Å². The van der Waals surface area contributed by atoms with Crippen molar-refractivity contribution >= 4 is 5.91 Å². The maximum absolute atomic E-state index is 12.2. The Morgan fingerprint density at radius 2 is 2.18 bits per heavy atom. The largest absolute Gasteiger partial charge is 0.376 e. The molecule has 2 rings (SSSR count). The first-order chi connectivity index (χ1) is 8.01. The molecule has 2 N–H and O–H groups in total. The number of carbonyl (C=O) groups is 1. The van der Waals surface area contributed by atoms with Gasteiger partial charge in [-0.25, -0.2) is 0 Å². The highest BCUT2D eigenvalue weighted by Gasteiger charge is 2.39. The van der Waals surface area contributed by atoms with Gasteiger partial charge in [0.2, 0.25) is 5.91 Å². The van der Waals surface area contributed by atoms with E-state index in [9.17, 15) is 4.79 Å². The SMILES string of the molecule is CC1CNCC(C(=O)NC2(C)CCOC2C)C1. The number of amides is 1. The molecule has 4 nitrogen and oxygen atoms in total. The number of nitrogens with one attached hydrogen (secondary N) is 2. The maximum atomic E-state index is 12.2. The summed E-state index contributed by atoms with van der Waals surface area (Å²) in [5.41, 5.74) is -0.183. The zero-order valence-corrected chi connectivity index (χ0v) is 11.1. The van der Waals surface area contributed by atoms with Crippen molar-refractivity contribution in [2.75, 3.05) is 19.7 Å². The second kappa shape index (κ2) is 4.94. The zero-order chi connectivity index (χ0) is 12.5. The van der Waals surface area contributed by atoms with Crippen LogP contribution in [0.3, 0.4) is 0 Å². The molecule has 0 saturated carbocycles. The van der Waals surface area contributed by atoms with E-state index in [0.29, 0.717) is 5.92 Å². The van der Waals surface area contributed by atoms with Crippen LogP contribution in [-0.4, -0.2) is 37.2 Å². The third-order valence-corrected chi connectivity index (χ3v) is 4.24. The molecule has 17 heavy (non-hydrogen) atoms. The Hall–Kier alpha value is -0.610. The number of ether oxygens (including phenoxy) is 1. The summed E-state index contributed by atoms with van der Waals surface area (Å²) >= 11 is 0. The molecule has 0 aromatic carbocycles. The van der Waals surface area contributed by atoms with Crippen molar-refractivity contribution in [3.63, 3.8) is 0 Å². The summed E-state index contributed by atoms with van der Waals surface area (Å²) in [4.78, 5) is 12.2. The number of rotatable bonds is 2. The van der Waals surface area contributed by atoms with Gasteiger partial charge in [-0.1, -0.05) is 6.92 Å². The van der Waals surface area contributed by atoms with E-state index in [1.165, 1.54) is 0 Å². The summed E-state index contributed by atoms with van der Waals surface area (Å²) in [6.45, 7) is 8.89. The van der Waals surface area contributed by atoms with Gasteiger partial charge in [0, 0.05) is 13.2 Å². The van der Waals surface area contributed by atoms with Crippen molar-refractivity contribution in [3.8, 4) is 0 Å². The van der Waals surface area contributed by atoms with Crippen molar-refractivity contribution < 1.29 is 9.53 Å². The fourth-order valence-electron chi connectivity index (χ4n) is 2.74. The minimum absolute atomic E-state index is 0.112. The van der Waals surface area contributed by atoms with Crippen LogP contribution in [0.4, 0.5) is 0 Å². The molecule has 0 aromatic heterocycles. The molecule has 4 heteroatoms. The third kappa shape index (κ3) is 2.80. The maximum Gasteiger partial charge on any atom is 0.224 e. The number of carbonyl (C=O) groups excluding carboxylic acids is 1. The Kier molecular flexibility index (Phi) is 3.73. The second-order valence-electron chi connectivity index (χ2n) is 5.87. The molecule has 4 atom stereocenters. The van der Waals surface area contributed by atoms with Gasteiger partial charge in [0.1, 0.15) is 0 Å². The molecule has 0 bridgehead atoms. The van der Waals surface area contributed by atoms with Crippen LogP contribution in [0.15, 0.2) is 0 Å². The summed E-state index contributed by atoms with van der Waals surface area (Å²) in [6.07, 6.45) is 2.01. The lowest BCUT2D eigenvalue weighted by Crippen LogP contribution is -2.54. The van der Waals surface area contributed by atoms with Crippen molar-refractivity contribution in [3.05, 3.63) is 0 Å². The molecule has 2 heterocycles. The van der Waals surface area contributed by atoms with Gasteiger partial charge in [-0.15, -0.1) is 0 Å². The van der Waals surface area contributed by atoms with E-state index in [1.807, 2.05) is 6.92 Å². The molecule has 4 unspecified atom stereocenters. The summed E-state index contributed by atoms with van der Waals surface area (Å²) < 4.78 is 5.55.